The number of nitrogens with zero attached hydrogens (tertiary/aromatic N) is 2. The molecular weight excluding hydrogens is 306 g/mol. The summed E-state index contributed by atoms with van der Waals surface area (Å²) in [6.07, 6.45) is -0.908. The molecular formula is C14H21N3O6. The molecule has 1 aromatic rings. The van der Waals surface area contributed by atoms with E-state index in [9.17, 15) is 25.3 Å². The summed E-state index contributed by atoms with van der Waals surface area (Å²) in [5.74, 6) is -0.234. The maximum absolute atomic E-state index is 11.1. The fourth-order valence-corrected chi connectivity index (χ4v) is 1.85. The van der Waals surface area contributed by atoms with E-state index in [4.69, 9.17) is 4.74 Å². The molecule has 0 fully saturated rings. The molecule has 1 atom stereocenters. The molecule has 9 heteroatoms. The van der Waals surface area contributed by atoms with Gasteiger partial charge in [-0.1, -0.05) is 0 Å². The number of aryl methyl sites for hydroxylation is 1. The van der Waals surface area contributed by atoms with E-state index in [1.807, 2.05) is 20.8 Å². The molecule has 1 aromatic carbocycles. The molecule has 23 heavy (non-hydrogen) atoms. The third-order valence-electron chi connectivity index (χ3n) is 2.98. The lowest BCUT2D eigenvalue weighted by Crippen LogP contribution is -2.42. The number of nitro benzene ring substituents is 2. The van der Waals surface area contributed by atoms with Gasteiger partial charge >= 0.3 is 11.4 Å². The van der Waals surface area contributed by atoms with Gasteiger partial charge in [-0.15, -0.1) is 0 Å². The van der Waals surface area contributed by atoms with Gasteiger partial charge in [0.15, 0.2) is 0 Å². The van der Waals surface area contributed by atoms with Crippen LogP contribution < -0.4 is 10.1 Å². The zero-order valence-corrected chi connectivity index (χ0v) is 13.5. The Morgan fingerprint density at radius 2 is 1.78 bits per heavy atom. The Labute approximate surface area is 133 Å². The average Bonchev–Trinajstić information content (AvgIpc) is 2.41. The molecule has 0 spiro atoms. The molecule has 0 heterocycles. The van der Waals surface area contributed by atoms with Crippen LogP contribution in [-0.4, -0.2) is 39.7 Å². The standard InChI is InChI=1S/C14H21N3O6/c1-9-5-6-11(13(17(21)22)12(9)16(19)20)23-8-10(18)7-15-14(2,3)4/h5-6,10,15,18H,7-8H2,1-4H3. The fraction of sp³-hybridized carbons (Fsp3) is 0.571. The van der Waals surface area contributed by atoms with E-state index in [1.165, 1.54) is 19.1 Å². The van der Waals surface area contributed by atoms with Crippen LogP contribution in [0.25, 0.3) is 0 Å². The molecule has 0 amide bonds. The maximum atomic E-state index is 11.1. The molecule has 0 aliphatic carbocycles. The first-order valence-corrected chi connectivity index (χ1v) is 7.01. The summed E-state index contributed by atoms with van der Waals surface area (Å²) in [6.45, 7) is 7.20. The summed E-state index contributed by atoms with van der Waals surface area (Å²) >= 11 is 0. The van der Waals surface area contributed by atoms with E-state index in [0.717, 1.165) is 0 Å². The van der Waals surface area contributed by atoms with Crippen LogP contribution in [0.5, 0.6) is 5.75 Å². The smallest absolute Gasteiger partial charge is 0.387 e. The summed E-state index contributed by atoms with van der Waals surface area (Å²) in [6, 6.07) is 2.67. The van der Waals surface area contributed by atoms with Gasteiger partial charge in [0.25, 0.3) is 0 Å². The van der Waals surface area contributed by atoms with E-state index >= 15 is 0 Å². The Morgan fingerprint density at radius 1 is 1.22 bits per heavy atom. The third kappa shape index (κ3) is 5.46. The molecule has 0 saturated heterocycles. The van der Waals surface area contributed by atoms with E-state index in [2.05, 4.69) is 5.32 Å². The van der Waals surface area contributed by atoms with Gasteiger partial charge in [-0.2, -0.15) is 0 Å². The second-order valence-electron chi connectivity index (χ2n) is 6.19. The fourth-order valence-electron chi connectivity index (χ4n) is 1.85. The summed E-state index contributed by atoms with van der Waals surface area (Å²) in [5, 5.41) is 35.1. The maximum Gasteiger partial charge on any atom is 0.387 e. The second kappa shape index (κ2) is 7.34. The molecule has 1 rings (SSSR count). The van der Waals surface area contributed by atoms with Crippen LogP contribution in [0.15, 0.2) is 12.1 Å². The number of β-amino-alcohol motifs (C(OH)–C–C–N with tert-alkyl or cyclic N) is 1. The van der Waals surface area contributed by atoms with Crippen LogP contribution in [-0.2, 0) is 0 Å². The van der Waals surface area contributed by atoms with Crippen molar-refractivity contribution in [2.24, 2.45) is 0 Å². The van der Waals surface area contributed by atoms with Crippen LogP contribution in [0.2, 0.25) is 0 Å². The summed E-state index contributed by atoms with van der Waals surface area (Å²) in [4.78, 5) is 20.5. The zero-order chi connectivity index (χ0) is 17.8. The molecule has 2 N–H and O–H groups in total. The van der Waals surface area contributed by atoms with Crippen LogP contribution in [0, 0.1) is 27.2 Å². The Morgan fingerprint density at radius 3 is 2.26 bits per heavy atom. The van der Waals surface area contributed by atoms with Crippen molar-refractivity contribution in [1.29, 1.82) is 0 Å². The number of nitro groups is 2. The summed E-state index contributed by atoms with van der Waals surface area (Å²) in [7, 11) is 0. The van der Waals surface area contributed by atoms with Crippen LogP contribution in [0.1, 0.15) is 26.3 Å². The number of hydrogen-bond donors (Lipinski definition) is 2. The Kier molecular flexibility index (Phi) is 5.99. The largest absolute Gasteiger partial charge is 0.484 e. The van der Waals surface area contributed by atoms with Gasteiger partial charge in [0, 0.05) is 17.6 Å². The Hall–Kier alpha value is -2.26. The highest BCUT2D eigenvalue weighted by molar-refractivity contribution is 5.65. The van der Waals surface area contributed by atoms with Crippen molar-refractivity contribution >= 4 is 11.4 Å². The molecule has 0 saturated carbocycles. The Bertz CT molecular complexity index is 597. The van der Waals surface area contributed by atoms with Crippen LogP contribution in [0.3, 0.4) is 0 Å². The summed E-state index contributed by atoms with van der Waals surface area (Å²) < 4.78 is 5.24. The molecule has 0 bridgehead atoms. The van der Waals surface area contributed by atoms with Gasteiger partial charge in [0.05, 0.1) is 9.85 Å². The van der Waals surface area contributed by atoms with Crippen molar-refractivity contribution in [3.05, 3.63) is 37.9 Å². The van der Waals surface area contributed by atoms with Gasteiger partial charge in [-0.25, -0.2) is 0 Å². The van der Waals surface area contributed by atoms with E-state index in [-0.39, 0.29) is 30.0 Å². The van der Waals surface area contributed by atoms with E-state index < -0.39 is 27.3 Å². The number of ether oxygens (including phenoxy) is 1. The summed E-state index contributed by atoms with van der Waals surface area (Å²) in [5.41, 5.74) is -1.33. The SMILES string of the molecule is Cc1ccc(OCC(O)CNC(C)(C)C)c([N+](=O)[O-])c1[N+](=O)[O-]. The van der Waals surface area contributed by atoms with Gasteiger partial charge in [-0.05, 0) is 39.8 Å². The lowest BCUT2D eigenvalue weighted by Gasteiger charge is -2.22. The van der Waals surface area contributed by atoms with Crippen molar-refractivity contribution < 1.29 is 19.7 Å². The monoisotopic (exact) mass is 327 g/mol. The van der Waals surface area contributed by atoms with Crippen molar-refractivity contribution in [1.82, 2.24) is 5.32 Å². The highest BCUT2D eigenvalue weighted by Gasteiger charge is 2.32. The highest BCUT2D eigenvalue weighted by atomic mass is 16.6. The van der Waals surface area contributed by atoms with Gasteiger partial charge in [0.2, 0.25) is 5.75 Å². The first-order chi connectivity index (χ1) is 10.5. The molecule has 0 aromatic heterocycles. The number of hydrogen-bond acceptors (Lipinski definition) is 7. The van der Waals surface area contributed by atoms with E-state index in [0.29, 0.717) is 0 Å². The van der Waals surface area contributed by atoms with Crippen LogP contribution >= 0.6 is 0 Å². The minimum atomic E-state index is -0.908. The van der Waals surface area contributed by atoms with Crippen molar-refractivity contribution in [3.8, 4) is 5.75 Å². The first-order valence-electron chi connectivity index (χ1n) is 7.01. The molecule has 9 nitrogen and oxygen atoms in total. The average molecular weight is 327 g/mol. The molecule has 0 aliphatic heterocycles. The highest BCUT2D eigenvalue weighted by Crippen LogP contribution is 2.38. The second-order valence-corrected chi connectivity index (χ2v) is 6.19. The molecule has 1 unspecified atom stereocenters. The van der Waals surface area contributed by atoms with Gasteiger partial charge in [-0.3, -0.25) is 20.2 Å². The number of rotatable bonds is 7. The zero-order valence-electron chi connectivity index (χ0n) is 13.5. The number of nitrogens with one attached hydrogen (secondary N) is 1. The predicted molar refractivity (Wildman–Crippen MR) is 83.7 cm³/mol. The number of aliphatic hydroxyl groups is 1. The lowest BCUT2D eigenvalue weighted by molar-refractivity contribution is -0.423. The quantitative estimate of drug-likeness (QED) is 0.578. The number of benzene rings is 1. The molecule has 0 radical (unpaired) electrons. The van der Waals surface area contributed by atoms with Crippen molar-refractivity contribution in [2.75, 3.05) is 13.2 Å². The molecule has 128 valence electrons. The predicted octanol–water partition coefficient (Wildman–Crippen LogP) is 1.94. The Balaban J connectivity index is 2.91. The normalized spacial score (nSPS) is 12.7. The van der Waals surface area contributed by atoms with Gasteiger partial charge in [0.1, 0.15) is 12.7 Å². The van der Waals surface area contributed by atoms with Gasteiger partial charge < -0.3 is 15.2 Å². The van der Waals surface area contributed by atoms with Crippen molar-refractivity contribution in [2.45, 2.75) is 39.3 Å². The minimum Gasteiger partial charge on any atom is -0.484 e. The van der Waals surface area contributed by atoms with Crippen molar-refractivity contribution in [3.63, 3.8) is 0 Å². The third-order valence-corrected chi connectivity index (χ3v) is 2.98. The van der Waals surface area contributed by atoms with Crippen LogP contribution in [0.4, 0.5) is 11.4 Å². The topological polar surface area (TPSA) is 128 Å². The minimum absolute atomic E-state index is 0.170. The molecule has 0 aliphatic rings. The van der Waals surface area contributed by atoms with E-state index in [1.54, 1.807) is 0 Å². The lowest BCUT2D eigenvalue weighted by atomic mass is 10.1. The first kappa shape index (κ1) is 18.8. The number of aliphatic hydroxyl groups excluding tert-OH is 1.